The number of fused-ring (bicyclic) bond motifs is 1. The number of ether oxygens (including phenoxy) is 1. The highest BCUT2D eigenvalue weighted by Crippen LogP contribution is 2.42. The van der Waals surface area contributed by atoms with E-state index in [2.05, 4.69) is 11.4 Å². The van der Waals surface area contributed by atoms with E-state index in [9.17, 15) is 4.79 Å². The third-order valence-corrected chi connectivity index (χ3v) is 4.77. The zero-order valence-electron chi connectivity index (χ0n) is 12.7. The molecule has 0 spiro atoms. The summed E-state index contributed by atoms with van der Waals surface area (Å²) in [5.41, 5.74) is 8.31. The number of amides is 2. The lowest BCUT2D eigenvalue weighted by atomic mass is 9.70. The maximum atomic E-state index is 12.2. The van der Waals surface area contributed by atoms with Crippen LogP contribution in [0.2, 0.25) is 0 Å². The zero-order chi connectivity index (χ0) is 15.0. The molecular weight excluding hydrogens is 266 g/mol. The number of rotatable bonds is 3. The molecule has 1 saturated carbocycles. The maximum absolute atomic E-state index is 12.2. The van der Waals surface area contributed by atoms with Gasteiger partial charge in [-0.15, -0.1) is 0 Å². The number of urea groups is 1. The number of nitrogens with one attached hydrogen (secondary N) is 1. The van der Waals surface area contributed by atoms with Crippen molar-refractivity contribution in [3.05, 3.63) is 29.3 Å². The van der Waals surface area contributed by atoms with Crippen molar-refractivity contribution in [3.8, 4) is 5.75 Å². The number of nitrogens with two attached hydrogens (primary N) is 1. The quantitative estimate of drug-likeness (QED) is 0.889. The normalized spacial score (nSPS) is 27.0. The molecule has 2 amide bonds. The number of methoxy groups -OCH3 is 1. The summed E-state index contributed by atoms with van der Waals surface area (Å²) in [5.74, 6) is 1.31. The van der Waals surface area contributed by atoms with E-state index in [4.69, 9.17) is 10.5 Å². The van der Waals surface area contributed by atoms with Crippen LogP contribution in [0.1, 0.15) is 24.0 Å². The molecule has 1 aliphatic carbocycles. The second-order valence-corrected chi connectivity index (χ2v) is 6.37. The fourth-order valence-electron chi connectivity index (χ4n) is 3.38. The largest absolute Gasteiger partial charge is 0.497 e. The molecule has 1 saturated heterocycles. The van der Waals surface area contributed by atoms with Crippen LogP contribution in [0.5, 0.6) is 5.75 Å². The summed E-state index contributed by atoms with van der Waals surface area (Å²) in [6.45, 7) is 4.00. The van der Waals surface area contributed by atoms with Gasteiger partial charge < -0.3 is 20.7 Å². The number of hydrogen-bond donors (Lipinski definition) is 2. The highest BCUT2D eigenvalue weighted by atomic mass is 16.5. The van der Waals surface area contributed by atoms with Crippen LogP contribution < -0.4 is 15.8 Å². The van der Waals surface area contributed by atoms with Crippen LogP contribution in [-0.2, 0) is 6.54 Å². The summed E-state index contributed by atoms with van der Waals surface area (Å²) in [6.07, 6.45) is 2.19. The molecule has 5 nitrogen and oxygen atoms in total. The summed E-state index contributed by atoms with van der Waals surface area (Å²) in [7, 11) is 1.65. The van der Waals surface area contributed by atoms with Crippen molar-refractivity contribution in [3.63, 3.8) is 0 Å². The Balaban J connectivity index is 1.58. The topological polar surface area (TPSA) is 67.6 Å². The lowest BCUT2D eigenvalue weighted by Crippen LogP contribution is -2.55. The smallest absolute Gasteiger partial charge is 0.317 e. The molecule has 3 rings (SSSR count). The van der Waals surface area contributed by atoms with E-state index in [0.717, 1.165) is 36.3 Å². The van der Waals surface area contributed by atoms with Gasteiger partial charge in [-0.3, -0.25) is 0 Å². The van der Waals surface area contributed by atoms with E-state index in [1.54, 1.807) is 7.11 Å². The molecule has 2 atom stereocenters. The Morgan fingerprint density at radius 1 is 1.52 bits per heavy atom. The van der Waals surface area contributed by atoms with Crippen molar-refractivity contribution < 1.29 is 9.53 Å². The summed E-state index contributed by atoms with van der Waals surface area (Å²) in [6, 6.07) is 5.96. The van der Waals surface area contributed by atoms with Gasteiger partial charge in [-0.05, 0) is 48.9 Å². The van der Waals surface area contributed by atoms with Gasteiger partial charge in [-0.2, -0.15) is 0 Å². The summed E-state index contributed by atoms with van der Waals surface area (Å²) < 4.78 is 5.25. The highest BCUT2D eigenvalue weighted by Gasteiger charge is 2.51. The fraction of sp³-hybridized carbons (Fsp3) is 0.562. The summed E-state index contributed by atoms with van der Waals surface area (Å²) in [4.78, 5) is 14.1. The Bertz CT molecular complexity index is 560. The second-order valence-electron chi connectivity index (χ2n) is 6.37. The van der Waals surface area contributed by atoms with Crippen LogP contribution in [0.15, 0.2) is 18.2 Å². The molecule has 0 unspecified atom stereocenters. The third kappa shape index (κ3) is 2.70. The van der Waals surface area contributed by atoms with Crippen LogP contribution in [0.4, 0.5) is 4.79 Å². The SMILES string of the molecule is COc1cc(C)cc(CNC(=O)N2C[C@@H]3CC[C@]3(N)C2)c1. The van der Waals surface area contributed by atoms with Gasteiger partial charge in [0.25, 0.3) is 0 Å². The minimum Gasteiger partial charge on any atom is -0.497 e. The Kier molecular flexibility index (Phi) is 3.53. The van der Waals surface area contributed by atoms with Gasteiger partial charge in [0.1, 0.15) is 5.75 Å². The predicted molar refractivity (Wildman–Crippen MR) is 81.2 cm³/mol. The van der Waals surface area contributed by atoms with E-state index < -0.39 is 0 Å². The molecule has 1 aromatic carbocycles. The van der Waals surface area contributed by atoms with Gasteiger partial charge >= 0.3 is 6.03 Å². The van der Waals surface area contributed by atoms with Crippen molar-refractivity contribution >= 4 is 6.03 Å². The molecule has 21 heavy (non-hydrogen) atoms. The van der Waals surface area contributed by atoms with Crippen molar-refractivity contribution in [2.75, 3.05) is 20.2 Å². The summed E-state index contributed by atoms with van der Waals surface area (Å²) in [5, 5.41) is 2.98. The highest BCUT2D eigenvalue weighted by molar-refractivity contribution is 5.75. The van der Waals surface area contributed by atoms with Gasteiger partial charge in [0, 0.05) is 25.2 Å². The number of carbonyl (C=O) groups excluding carboxylic acids is 1. The number of nitrogens with zero attached hydrogens (tertiary/aromatic N) is 1. The lowest BCUT2D eigenvalue weighted by molar-refractivity contribution is 0.187. The van der Waals surface area contributed by atoms with Gasteiger partial charge in [0.05, 0.1) is 7.11 Å². The van der Waals surface area contributed by atoms with E-state index in [1.807, 2.05) is 24.0 Å². The number of hydrogen-bond acceptors (Lipinski definition) is 3. The number of benzene rings is 1. The van der Waals surface area contributed by atoms with E-state index in [-0.39, 0.29) is 11.6 Å². The van der Waals surface area contributed by atoms with Gasteiger partial charge in [0.15, 0.2) is 0 Å². The minimum absolute atomic E-state index is 0.0188. The van der Waals surface area contributed by atoms with Crippen molar-refractivity contribution in [2.45, 2.75) is 31.8 Å². The van der Waals surface area contributed by atoms with Gasteiger partial charge in [-0.25, -0.2) is 4.79 Å². The Morgan fingerprint density at radius 2 is 2.33 bits per heavy atom. The molecule has 5 heteroatoms. The molecule has 1 aliphatic heterocycles. The first-order chi connectivity index (χ1) is 10.00. The number of aryl methyl sites for hydroxylation is 1. The molecule has 1 aromatic rings. The van der Waals surface area contributed by atoms with Crippen molar-refractivity contribution in [2.24, 2.45) is 11.7 Å². The number of likely N-dealkylation sites (tertiary alicyclic amines) is 1. The molecule has 0 aromatic heterocycles. The Morgan fingerprint density at radius 3 is 2.90 bits per heavy atom. The lowest BCUT2D eigenvalue weighted by Gasteiger charge is -2.39. The molecule has 2 fully saturated rings. The molecule has 0 bridgehead atoms. The van der Waals surface area contributed by atoms with Crippen molar-refractivity contribution in [1.29, 1.82) is 0 Å². The fourth-order valence-corrected chi connectivity index (χ4v) is 3.38. The maximum Gasteiger partial charge on any atom is 0.317 e. The van der Waals surface area contributed by atoms with Crippen LogP contribution >= 0.6 is 0 Å². The average Bonchev–Trinajstić information content (AvgIpc) is 2.68. The van der Waals surface area contributed by atoms with Gasteiger partial charge in [0.2, 0.25) is 0 Å². The Hall–Kier alpha value is -1.75. The molecule has 114 valence electrons. The van der Waals surface area contributed by atoms with Crippen LogP contribution in [-0.4, -0.2) is 36.7 Å². The monoisotopic (exact) mass is 289 g/mol. The minimum atomic E-state index is -0.121. The molecule has 3 N–H and O–H groups in total. The van der Waals surface area contributed by atoms with Crippen LogP contribution in [0.25, 0.3) is 0 Å². The van der Waals surface area contributed by atoms with Crippen molar-refractivity contribution in [1.82, 2.24) is 10.2 Å². The first-order valence-corrected chi connectivity index (χ1v) is 7.46. The predicted octanol–water partition coefficient (Wildman–Crippen LogP) is 1.64. The molecular formula is C16H23N3O2. The third-order valence-electron chi connectivity index (χ3n) is 4.77. The first-order valence-electron chi connectivity index (χ1n) is 7.46. The van der Waals surface area contributed by atoms with Gasteiger partial charge in [-0.1, -0.05) is 6.07 Å². The zero-order valence-corrected chi connectivity index (χ0v) is 12.7. The van der Waals surface area contributed by atoms with E-state index in [0.29, 0.717) is 19.0 Å². The Labute approximate surface area is 125 Å². The number of carbonyl (C=O) groups is 1. The first kappa shape index (κ1) is 14.2. The second kappa shape index (κ2) is 5.22. The average molecular weight is 289 g/mol. The van der Waals surface area contributed by atoms with Crippen LogP contribution in [0.3, 0.4) is 0 Å². The molecule has 2 aliphatic rings. The van der Waals surface area contributed by atoms with Crippen LogP contribution in [0, 0.1) is 12.8 Å². The molecule has 0 radical (unpaired) electrons. The standard InChI is InChI=1S/C16H23N3O2/c1-11-5-12(7-14(6-11)21-2)8-18-15(20)19-9-13-3-4-16(13,17)10-19/h5-7,13H,3-4,8-10,17H2,1-2H3,(H,18,20)/t13-,16-/m0/s1. The molecule has 1 heterocycles. The summed E-state index contributed by atoms with van der Waals surface area (Å²) >= 11 is 0. The van der Waals surface area contributed by atoms with E-state index >= 15 is 0 Å². The van der Waals surface area contributed by atoms with E-state index in [1.165, 1.54) is 0 Å².